The van der Waals surface area contributed by atoms with E-state index in [0.29, 0.717) is 16.6 Å². The van der Waals surface area contributed by atoms with Crippen LogP contribution in [0.1, 0.15) is 84.0 Å². The minimum absolute atomic E-state index is 0.0404. The smallest absolute Gasteiger partial charge is 0.133 e. The molecule has 0 amide bonds. The van der Waals surface area contributed by atoms with E-state index in [1.54, 1.807) is 0 Å². The molecule has 8 atom stereocenters. The van der Waals surface area contributed by atoms with Gasteiger partial charge in [-0.3, -0.25) is 4.79 Å². The normalized spacial score (nSPS) is 56.8. The number of carbonyl (C=O) groups excluding carboxylic acids is 1. The van der Waals surface area contributed by atoms with E-state index in [2.05, 4.69) is 6.92 Å². The van der Waals surface area contributed by atoms with Crippen molar-refractivity contribution in [3.05, 3.63) is 0 Å². The zero-order valence-electron chi connectivity index (χ0n) is 15.3. The van der Waals surface area contributed by atoms with Gasteiger partial charge in [-0.15, -0.1) is 0 Å². The summed E-state index contributed by atoms with van der Waals surface area (Å²) in [5.74, 6) is 4.77. The summed E-state index contributed by atoms with van der Waals surface area (Å²) in [5, 5.41) is 10.2. The third kappa shape index (κ3) is 2.01. The Morgan fingerprint density at radius 2 is 1.75 bits per heavy atom. The lowest BCUT2D eigenvalue weighted by Gasteiger charge is -2.62. The van der Waals surface area contributed by atoms with Crippen molar-refractivity contribution in [2.45, 2.75) is 90.1 Å². The summed E-state index contributed by atoms with van der Waals surface area (Å²) in [6.45, 7) is 2.57. The van der Waals surface area contributed by atoms with Gasteiger partial charge in [0.2, 0.25) is 0 Å². The van der Waals surface area contributed by atoms with Crippen molar-refractivity contribution in [1.29, 1.82) is 0 Å². The Hall–Kier alpha value is -0.370. The van der Waals surface area contributed by atoms with Crippen LogP contribution >= 0.6 is 0 Å². The fourth-order valence-corrected chi connectivity index (χ4v) is 8.74. The maximum Gasteiger partial charge on any atom is 0.133 e. The van der Waals surface area contributed by atoms with Crippen LogP contribution in [0.2, 0.25) is 0 Å². The molecule has 5 aliphatic rings. The van der Waals surface area contributed by atoms with Crippen molar-refractivity contribution in [1.82, 2.24) is 0 Å². The molecule has 1 N–H and O–H groups in total. The monoisotopic (exact) mass is 330 g/mol. The van der Waals surface area contributed by atoms with E-state index in [9.17, 15) is 9.90 Å². The molecular weight excluding hydrogens is 296 g/mol. The van der Waals surface area contributed by atoms with E-state index in [4.69, 9.17) is 0 Å². The molecule has 5 rings (SSSR count). The lowest BCUT2D eigenvalue weighted by Crippen LogP contribution is -2.55. The molecular formula is C22H34O2. The standard InChI is InChI=1S/C22H34O2/c1-21-10-8-16(23)12-15(21)3-6-18-19(21)9-11-22-13-17(24)5-2-14(22)4-7-20(18)22/h14-16,18-20,23H,2-13H2,1H3/t14?,15-,16+,18+,19-,20-,21-,22-/m0/s1. The van der Waals surface area contributed by atoms with Gasteiger partial charge in [-0.2, -0.15) is 0 Å². The molecule has 0 aromatic heterocycles. The first-order chi connectivity index (χ1) is 11.5. The minimum Gasteiger partial charge on any atom is -0.393 e. The van der Waals surface area contributed by atoms with Crippen molar-refractivity contribution in [3.63, 3.8) is 0 Å². The van der Waals surface area contributed by atoms with Crippen LogP contribution < -0.4 is 0 Å². The number of ketones is 1. The zero-order chi connectivity index (χ0) is 16.5. The Labute approximate surface area is 146 Å². The highest BCUT2D eigenvalue weighted by molar-refractivity contribution is 5.80. The summed E-state index contributed by atoms with van der Waals surface area (Å²) in [6.07, 6.45) is 14.5. The van der Waals surface area contributed by atoms with Gasteiger partial charge in [0.05, 0.1) is 6.10 Å². The average Bonchev–Trinajstić information content (AvgIpc) is 2.94. The first kappa shape index (κ1) is 15.9. The van der Waals surface area contributed by atoms with E-state index in [1.807, 2.05) is 0 Å². The summed E-state index contributed by atoms with van der Waals surface area (Å²) in [6, 6.07) is 0. The number of hydrogen-bond donors (Lipinski definition) is 1. The molecule has 5 saturated carbocycles. The van der Waals surface area contributed by atoms with Crippen molar-refractivity contribution < 1.29 is 9.90 Å². The third-order valence-corrected chi connectivity index (χ3v) is 9.83. The van der Waals surface area contributed by atoms with Crippen LogP contribution in [-0.2, 0) is 4.79 Å². The Balaban J connectivity index is 1.45. The Bertz CT molecular complexity index is 542. The predicted octanol–water partition coefficient (Wildman–Crippen LogP) is 4.74. The molecule has 0 bridgehead atoms. The van der Waals surface area contributed by atoms with E-state index in [0.717, 1.165) is 55.3 Å². The van der Waals surface area contributed by atoms with Crippen LogP contribution in [0.3, 0.4) is 0 Å². The van der Waals surface area contributed by atoms with Gasteiger partial charge in [-0.1, -0.05) is 6.92 Å². The molecule has 1 unspecified atom stereocenters. The number of carbonyl (C=O) groups is 1. The van der Waals surface area contributed by atoms with Crippen molar-refractivity contribution in [2.75, 3.05) is 0 Å². The lowest BCUT2D eigenvalue weighted by atomic mass is 9.43. The molecule has 5 fully saturated rings. The molecule has 2 nitrogen and oxygen atoms in total. The topological polar surface area (TPSA) is 37.3 Å². The Morgan fingerprint density at radius 1 is 0.917 bits per heavy atom. The van der Waals surface area contributed by atoms with Gasteiger partial charge in [0.1, 0.15) is 5.78 Å². The molecule has 2 heteroatoms. The molecule has 0 saturated heterocycles. The Kier molecular flexibility index (Phi) is 3.51. The fourth-order valence-electron chi connectivity index (χ4n) is 8.74. The van der Waals surface area contributed by atoms with Crippen molar-refractivity contribution in [2.24, 2.45) is 40.4 Å². The number of aliphatic hydroxyl groups is 1. The second kappa shape index (κ2) is 5.32. The zero-order valence-corrected chi connectivity index (χ0v) is 15.3. The number of fused-ring (bicyclic) bond motifs is 4. The van der Waals surface area contributed by atoms with E-state index < -0.39 is 0 Å². The molecule has 0 heterocycles. The second-order valence-electron chi connectivity index (χ2n) is 10.4. The van der Waals surface area contributed by atoms with Crippen LogP contribution in [0.15, 0.2) is 0 Å². The lowest BCUT2D eigenvalue weighted by molar-refractivity contribution is -0.147. The molecule has 24 heavy (non-hydrogen) atoms. The molecule has 1 spiro atoms. The molecule has 5 aliphatic carbocycles. The highest BCUT2D eigenvalue weighted by Crippen LogP contribution is 2.69. The number of hydrogen-bond acceptors (Lipinski definition) is 2. The maximum absolute atomic E-state index is 12.3. The van der Waals surface area contributed by atoms with Gasteiger partial charge < -0.3 is 5.11 Å². The van der Waals surface area contributed by atoms with Crippen molar-refractivity contribution >= 4 is 5.78 Å². The van der Waals surface area contributed by atoms with E-state index in [-0.39, 0.29) is 6.10 Å². The van der Waals surface area contributed by atoms with Crippen LogP contribution in [0.4, 0.5) is 0 Å². The number of rotatable bonds is 0. The Morgan fingerprint density at radius 3 is 2.62 bits per heavy atom. The second-order valence-corrected chi connectivity index (χ2v) is 10.4. The van der Waals surface area contributed by atoms with Gasteiger partial charge in [-0.05, 0) is 105 Å². The van der Waals surface area contributed by atoms with Gasteiger partial charge >= 0.3 is 0 Å². The van der Waals surface area contributed by atoms with Crippen LogP contribution in [0.5, 0.6) is 0 Å². The van der Waals surface area contributed by atoms with Crippen molar-refractivity contribution in [3.8, 4) is 0 Å². The van der Waals surface area contributed by atoms with Crippen LogP contribution in [0.25, 0.3) is 0 Å². The quantitative estimate of drug-likeness (QED) is 0.696. The summed E-state index contributed by atoms with van der Waals surface area (Å²) < 4.78 is 0. The van der Waals surface area contributed by atoms with Gasteiger partial charge in [0.25, 0.3) is 0 Å². The maximum atomic E-state index is 12.3. The summed E-state index contributed by atoms with van der Waals surface area (Å²) in [5.41, 5.74) is 0.883. The molecule has 0 aromatic carbocycles. The minimum atomic E-state index is -0.0404. The number of Topliss-reactive ketones (excluding diaryl/α,β-unsaturated/α-hetero) is 1. The summed E-state index contributed by atoms with van der Waals surface area (Å²) >= 11 is 0. The van der Waals surface area contributed by atoms with Crippen LogP contribution in [-0.4, -0.2) is 17.0 Å². The molecule has 134 valence electrons. The highest BCUT2D eigenvalue weighted by atomic mass is 16.3. The first-order valence-corrected chi connectivity index (χ1v) is 10.7. The highest BCUT2D eigenvalue weighted by Gasteiger charge is 2.62. The van der Waals surface area contributed by atoms with Gasteiger partial charge in [0, 0.05) is 12.8 Å². The van der Waals surface area contributed by atoms with E-state index >= 15 is 0 Å². The van der Waals surface area contributed by atoms with E-state index in [1.165, 1.54) is 51.4 Å². The first-order valence-electron chi connectivity index (χ1n) is 10.7. The largest absolute Gasteiger partial charge is 0.393 e. The average molecular weight is 331 g/mol. The predicted molar refractivity (Wildman–Crippen MR) is 94.4 cm³/mol. The SMILES string of the molecule is C[C@]12CC[C@@H](O)C[C@@H]1CC[C@H]1[C@@H]3CCC4CCC(=O)C[C@@]43CC[C@@H]12. The summed E-state index contributed by atoms with van der Waals surface area (Å²) in [7, 11) is 0. The molecule has 0 aromatic rings. The third-order valence-electron chi connectivity index (χ3n) is 9.83. The summed E-state index contributed by atoms with van der Waals surface area (Å²) in [4.78, 5) is 12.3. The van der Waals surface area contributed by atoms with Gasteiger partial charge in [0.15, 0.2) is 0 Å². The van der Waals surface area contributed by atoms with Crippen LogP contribution in [0, 0.1) is 40.4 Å². The number of aliphatic hydroxyl groups excluding tert-OH is 1. The van der Waals surface area contributed by atoms with Gasteiger partial charge in [-0.25, -0.2) is 0 Å². The fraction of sp³-hybridized carbons (Fsp3) is 0.955. The molecule has 0 radical (unpaired) electrons. The molecule has 0 aliphatic heterocycles.